The Hall–Kier alpha value is -1.47. The second-order valence-electron chi connectivity index (χ2n) is 4.72. The van der Waals surface area contributed by atoms with E-state index in [0.717, 1.165) is 12.3 Å². The van der Waals surface area contributed by atoms with Crippen molar-refractivity contribution in [1.82, 2.24) is 5.32 Å². The molecule has 1 saturated heterocycles. The van der Waals surface area contributed by atoms with Crippen LogP contribution in [0.15, 0.2) is 23.1 Å². The summed E-state index contributed by atoms with van der Waals surface area (Å²) in [6.45, 7) is 0.296. The van der Waals surface area contributed by atoms with Crippen molar-refractivity contribution in [2.24, 2.45) is 5.92 Å². The third-order valence-electron chi connectivity index (χ3n) is 3.20. The molecule has 0 bridgehead atoms. The summed E-state index contributed by atoms with van der Waals surface area (Å²) in [5, 5.41) is 11.9. The van der Waals surface area contributed by atoms with Crippen molar-refractivity contribution in [1.29, 1.82) is 0 Å². The minimum absolute atomic E-state index is 0.0944. The Morgan fingerprint density at radius 3 is 2.63 bits per heavy atom. The predicted octanol–water partition coefficient (Wildman–Crippen LogP) is 0.964. The number of hydrogen-bond acceptors (Lipinski definition) is 4. The SMILES string of the molecule is CS(=O)(=O)c1cc(F)cc(C2CC(C(=O)O)CN2)c1. The number of hydrogen-bond donors (Lipinski definition) is 2. The average molecular weight is 287 g/mol. The summed E-state index contributed by atoms with van der Waals surface area (Å²) in [5.74, 6) is -2.08. The van der Waals surface area contributed by atoms with Crippen LogP contribution in [-0.4, -0.2) is 32.3 Å². The van der Waals surface area contributed by atoms with Crippen molar-refractivity contribution in [3.05, 3.63) is 29.6 Å². The second-order valence-corrected chi connectivity index (χ2v) is 6.74. The molecular formula is C12H14FNO4S. The first-order valence-electron chi connectivity index (χ1n) is 5.74. The van der Waals surface area contributed by atoms with Crippen LogP contribution in [0.25, 0.3) is 0 Å². The van der Waals surface area contributed by atoms with Crippen molar-refractivity contribution >= 4 is 15.8 Å². The van der Waals surface area contributed by atoms with Crippen LogP contribution in [0.4, 0.5) is 4.39 Å². The largest absolute Gasteiger partial charge is 0.481 e. The molecule has 1 aliphatic heterocycles. The van der Waals surface area contributed by atoms with E-state index >= 15 is 0 Å². The van der Waals surface area contributed by atoms with Crippen LogP contribution in [0, 0.1) is 11.7 Å². The van der Waals surface area contributed by atoms with Gasteiger partial charge in [-0.25, -0.2) is 12.8 Å². The molecule has 7 heteroatoms. The summed E-state index contributed by atoms with van der Waals surface area (Å²) < 4.78 is 36.3. The van der Waals surface area contributed by atoms with Gasteiger partial charge < -0.3 is 10.4 Å². The van der Waals surface area contributed by atoms with Gasteiger partial charge in [0.2, 0.25) is 0 Å². The normalized spacial score (nSPS) is 23.5. The fourth-order valence-electron chi connectivity index (χ4n) is 2.18. The summed E-state index contributed by atoms with van der Waals surface area (Å²) in [7, 11) is -3.49. The van der Waals surface area contributed by atoms with Gasteiger partial charge in [0.25, 0.3) is 0 Å². The first kappa shape index (κ1) is 14.0. The highest BCUT2D eigenvalue weighted by atomic mass is 32.2. The summed E-state index contributed by atoms with van der Waals surface area (Å²) >= 11 is 0. The van der Waals surface area contributed by atoms with E-state index in [9.17, 15) is 17.6 Å². The third-order valence-corrected chi connectivity index (χ3v) is 4.30. The van der Waals surface area contributed by atoms with E-state index in [1.54, 1.807) is 0 Å². The Bertz CT molecular complexity index is 614. The molecule has 104 valence electrons. The Balaban J connectivity index is 2.32. The van der Waals surface area contributed by atoms with Crippen LogP contribution in [-0.2, 0) is 14.6 Å². The van der Waals surface area contributed by atoms with Gasteiger partial charge in [0.15, 0.2) is 9.84 Å². The van der Waals surface area contributed by atoms with Crippen LogP contribution in [0.1, 0.15) is 18.0 Å². The first-order valence-corrected chi connectivity index (χ1v) is 7.63. The summed E-state index contributed by atoms with van der Waals surface area (Å²) in [6, 6.07) is 3.25. The van der Waals surface area contributed by atoms with Crippen molar-refractivity contribution in [3.63, 3.8) is 0 Å². The quantitative estimate of drug-likeness (QED) is 0.865. The molecule has 2 N–H and O–H groups in total. The fraction of sp³-hybridized carbons (Fsp3) is 0.417. The number of rotatable bonds is 3. The maximum atomic E-state index is 13.5. The molecule has 2 rings (SSSR count). The fourth-order valence-corrected chi connectivity index (χ4v) is 2.85. The van der Waals surface area contributed by atoms with E-state index in [1.807, 2.05) is 0 Å². The highest BCUT2D eigenvalue weighted by Gasteiger charge is 2.30. The number of aliphatic carboxylic acids is 1. The maximum absolute atomic E-state index is 13.5. The van der Waals surface area contributed by atoms with Crippen LogP contribution < -0.4 is 5.32 Å². The van der Waals surface area contributed by atoms with Crippen molar-refractivity contribution in [3.8, 4) is 0 Å². The van der Waals surface area contributed by atoms with Crippen molar-refractivity contribution < 1.29 is 22.7 Å². The predicted molar refractivity (Wildman–Crippen MR) is 66.0 cm³/mol. The minimum Gasteiger partial charge on any atom is -0.481 e. The first-order chi connectivity index (χ1) is 8.77. The van der Waals surface area contributed by atoms with Gasteiger partial charge in [-0.1, -0.05) is 0 Å². The molecular weight excluding hydrogens is 273 g/mol. The molecule has 0 aromatic heterocycles. The third kappa shape index (κ3) is 3.10. The zero-order valence-electron chi connectivity index (χ0n) is 10.3. The lowest BCUT2D eigenvalue weighted by Crippen LogP contribution is -2.17. The number of halogens is 1. The van der Waals surface area contributed by atoms with Gasteiger partial charge >= 0.3 is 5.97 Å². The van der Waals surface area contributed by atoms with Gasteiger partial charge in [-0.05, 0) is 30.2 Å². The number of carbonyl (C=O) groups is 1. The van der Waals surface area contributed by atoms with Gasteiger partial charge in [0.1, 0.15) is 5.82 Å². The molecule has 2 unspecified atom stereocenters. The van der Waals surface area contributed by atoms with E-state index in [2.05, 4.69) is 5.32 Å². The number of sulfone groups is 1. The lowest BCUT2D eigenvalue weighted by atomic mass is 10.0. The van der Waals surface area contributed by atoms with Gasteiger partial charge in [0.05, 0.1) is 10.8 Å². The number of nitrogens with one attached hydrogen (secondary N) is 1. The molecule has 1 aliphatic rings. The van der Waals surface area contributed by atoms with E-state index in [4.69, 9.17) is 5.11 Å². The topological polar surface area (TPSA) is 83.5 Å². The molecule has 0 aliphatic carbocycles. The average Bonchev–Trinajstić information content (AvgIpc) is 2.76. The highest BCUT2D eigenvalue weighted by Crippen LogP contribution is 2.29. The standard InChI is InChI=1S/C12H14FNO4S/c1-19(17,18)10-3-7(2-9(13)5-10)11-4-8(6-14-11)12(15)16/h2-3,5,8,11,14H,4,6H2,1H3,(H,15,16). The molecule has 0 amide bonds. The molecule has 1 aromatic rings. The van der Waals surface area contributed by atoms with Gasteiger partial charge in [-0.3, -0.25) is 4.79 Å². The smallest absolute Gasteiger partial charge is 0.307 e. The Labute approximate surface area is 110 Å². The number of carboxylic acid groups (broad SMARTS) is 1. The summed E-state index contributed by atoms with van der Waals surface area (Å²) in [4.78, 5) is 10.8. The lowest BCUT2D eigenvalue weighted by Gasteiger charge is -2.12. The minimum atomic E-state index is -3.49. The molecule has 5 nitrogen and oxygen atoms in total. The lowest BCUT2D eigenvalue weighted by molar-refractivity contribution is -0.141. The number of benzene rings is 1. The van der Waals surface area contributed by atoms with Gasteiger partial charge in [-0.15, -0.1) is 0 Å². The van der Waals surface area contributed by atoms with Crippen molar-refractivity contribution in [2.75, 3.05) is 12.8 Å². The second kappa shape index (κ2) is 4.90. The van der Waals surface area contributed by atoms with E-state index < -0.39 is 27.5 Å². The zero-order valence-corrected chi connectivity index (χ0v) is 11.1. The molecule has 0 saturated carbocycles. The maximum Gasteiger partial charge on any atom is 0.307 e. The van der Waals surface area contributed by atoms with Crippen LogP contribution in [0.2, 0.25) is 0 Å². The molecule has 1 heterocycles. The number of carboxylic acids is 1. The monoisotopic (exact) mass is 287 g/mol. The molecule has 2 atom stereocenters. The van der Waals surface area contributed by atoms with E-state index in [0.29, 0.717) is 18.5 Å². The van der Waals surface area contributed by atoms with Gasteiger partial charge in [0, 0.05) is 18.8 Å². The Morgan fingerprint density at radius 2 is 2.11 bits per heavy atom. The van der Waals surface area contributed by atoms with Crippen LogP contribution in [0.3, 0.4) is 0 Å². The molecule has 19 heavy (non-hydrogen) atoms. The van der Waals surface area contributed by atoms with E-state index in [-0.39, 0.29) is 10.9 Å². The molecule has 1 aromatic carbocycles. The van der Waals surface area contributed by atoms with Gasteiger partial charge in [-0.2, -0.15) is 0 Å². The van der Waals surface area contributed by atoms with Crippen molar-refractivity contribution in [2.45, 2.75) is 17.4 Å². The highest BCUT2D eigenvalue weighted by molar-refractivity contribution is 7.90. The molecule has 1 fully saturated rings. The van der Waals surface area contributed by atoms with Crippen LogP contribution >= 0.6 is 0 Å². The van der Waals surface area contributed by atoms with Crippen LogP contribution in [0.5, 0.6) is 0 Å². The van der Waals surface area contributed by atoms with E-state index in [1.165, 1.54) is 12.1 Å². The summed E-state index contributed by atoms with van der Waals surface area (Å²) in [5.41, 5.74) is 0.462. The molecule has 0 radical (unpaired) electrons. The Kier molecular flexibility index (Phi) is 3.60. The zero-order chi connectivity index (χ0) is 14.2. The summed E-state index contributed by atoms with van der Waals surface area (Å²) in [6.07, 6.45) is 1.33. The molecule has 0 spiro atoms. The Morgan fingerprint density at radius 1 is 1.42 bits per heavy atom.